The van der Waals surface area contributed by atoms with Crippen LogP contribution in [0.5, 0.6) is 0 Å². The van der Waals surface area contributed by atoms with Gasteiger partial charge in [-0.05, 0) is 38.4 Å². The summed E-state index contributed by atoms with van der Waals surface area (Å²) in [5.41, 5.74) is 3.47. The number of hydrogen-bond acceptors (Lipinski definition) is 2. The number of halogens is 1. The van der Waals surface area contributed by atoms with Crippen LogP contribution in [0.25, 0.3) is 11.1 Å². The zero-order chi connectivity index (χ0) is 14.5. The van der Waals surface area contributed by atoms with E-state index in [1.807, 2.05) is 30.7 Å². The first-order valence-electron chi connectivity index (χ1n) is 7.19. The zero-order valence-corrected chi connectivity index (χ0v) is 12.4. The number of nitrogens with zero attached hydrogens (tertiary/aromatic N) is 2. The van der Waals surface area contributed by atoms with Crippen molar-refractivity contribution in [3.63, 3.8) is 0 Å². The third-order valence-electron chi connectivity index (χ3n) is 3.48. The Kier molecular flexibility index (Phi) is 4.90. The lowest BCUT2D eigenvalue weighted by atomic mass is 10.0. The molecule has 3 nitrogen and oxygen atoms in total. The second-order valence-corrected chi connectivity index (χ2v) is 4.95. The lowest BCUT2D eigenvalue weighted by molar-refractivity contribution is 0.621. The fraction of sp³-hybridized carbons (Fsp3) is 0.438. The van der Waals surface area contributed by atoms with Crippen LogP contribution in [0, 0.1) is 12.7 Å². The topological polar surface area (TPSA) is 29.9 Å². The summed E-state index contributed by atoms with van der Waals surface area (Å²) in [7, 11) is 0. The number of benzene rings is 1. The van der Waals surface area contributed by atoms with Gasteiger partial charge in [-0.15, -0.1) is 0 Å². The smallest absolute Gasteiger partial charge is 0.131 e. The van der Waals surface area contributed by atoms with Gasteiger partial charge < -0.3 is 5.32 Å². The molecule has 4 heteroatoms. The molecule has 2 rings (SSSR count). The summed E-state index contributed by atoms with van der Waals surface area (Å²) >= 11 is 0. The summed E-state index contributed by atoms with van der Waals surface area (Å²) in [6, 6.07) is 5.44. The van der Waals surface area contributed by atoms with Gasteiger partial charge in [0.05, 0.1) is 6.20 Å². The molecule has 1 aromatic heterocycles. The highest BCUT2D eigenvalue weighted by molar-refractivity contribution is 5.66. The average molecular weight is 275 g/mol. The van der Waals surface area contributed by atoms with Gasteiger partial charge >= 0.3 is 0 Å². The van der Waals surface area contributed by atoms with Crippen molar-refractivity contribution in [2.45, 2.75) is 40.3 Å². The van der Waals surface area contributed by atoms with Gasteiger partial charge in [0.2, 0.25) is 0 Å². The average Bonchev–Trinajstić information content (AvgIpc) is 2.80. The summed E-state index contributed by atoms with van der Waals surface area (Å²) < 4.78 is 16.2. The van der Waals surface area contributed by atoms with Crippen molar-refractivity contribution in [1.29, 1.82) is 0 Å². The van der Waals surface area contributed by atoms with Gasteiger partial charge in [0, 0.05) is 29.9 Å². The fourth-order valence-corrected chi connectivity index (χ4v) is 2.33. The normalized spacial score (nSPS) is 11.0. The van der Waals surface area contributed by atoms with Crippen molar-refractivity contribution in [3.05, 3.63) is 41.5 Å². The van der Waals surface area contributed by atoms with Crippen molar-refractivity contribution in [2.75, 3.05) is 6.54 Å². The summed E-state index contributed by atoms with van der Waals surface area (Å²) in [5, 5.41) is 7.55. The minimum absolute atomic E-state index is 0.181. The first-order valence-corrected chi connectivity index (χ1v) is 7.19. The Morgan fingerprint density at radius 3 is 2.65 bits per heavy atom. The molecule has 20 heavy (non-hydrogen) atoms. The second kappa shape index (κ2) is 6.66. The van der Waals surface area contributed by atoms with Crippen LogP contribution in [0.2, 0.25) is 0 Å². The highest BCUT2D eigenvalue weighted by atomic mass is 19.1. The third-order valence-corrected chi connectivity index (χ3v) is 3.48. The molecule has 0 radical (unpaired) electrons. The maximum Gasteiger partial charge on any atom is 0.131 e. The van der Waals surface area contributed by atoms with E-state index in [1.54, 1.807) is 12.3 Å². The minimum atomic E-state index is -0.181. The number of aromatic nitrogens is 2. The largest absolute Gasteiger partial charge is 0.313 e. The molecule has 0 atom stereocenters. The maximum absolute atomic E-state index is 14.3. The van der Waals surface area contributed by atoms with Crippen LogP contribution in [0.1, 0.15) is 31.5 Å². The molecule has 0 spiro atoms. The van der Waals surface area contributed by atoms with Crippen LogP contribution in [0.4, 0.5) is 4.39 Å². The molecule has 2 aromatic rings. The fourth-order valence-electron chi connectivity index (χ4n) is 2.33. The molecule has 1 heterocycles. The molecule has 0 aliphatic carbocycles. The Morgan fingerprint density at radius 1 is 1.25 bits per heavy atom. The number of nitrogens with one attached hydrogen (secondary N) is 1. The van der Waals surface area contributed by atoms with Crippen molar-refractivity contribution in [3.8, 4) is 11.1 Å². The van der Waals surface area contributed by atoms with E-state index in [9.17, 15) is 4.39 Å². The van der Waals surface area contributed by atoms with E-state index in [4.69, 9.17) is 0 Å². The predicted molar refractivity (Wildman–Crippen MR) is 80.0 cm³/mol. The zero-order valence-electron chi connectivity index (χ0n) is 12.4. The summed E-state index contributed by atoms with van der Waals surface area (Å²) in [4.78, 5) is 0. The number of aryl methyl sites for hydroxylation is 1. The third kappa shape index (κ3) is 3.07. The van der Waals surface area contributed by atoms with E-state index < -0.39 is 0 Å². The minimum Gasteiger partial charge on any atom is -0.313 e. The monoisotopic (exact) mass is 275 g/mol. The van der Waals surface area contributed by atoms with Crippen LogP contribution >= 0.6 is 0 Å². The first-order chi connectivity index (χ1) is 9.67. The lowest BCUT2D eigenvalue weighted by Gasteiger charge is -2.07. The van der Waals surface area contributed by atoms with E-state index in [2.05, 4.69) is 17.3 Å². The SMILES string of the molecule is CCCNCc1ccc(-c2cnn(CC)c2C)c(F)c1. The van der Waals surface area contributed by atoms with Crippen LogP contribution in [0.3, 0.4) is 0 Å². The van der Waals surface area contributed by atoms with Crippen molar-refractivity contribution >= 4 is 0 Å². The molecule has 0 fully saturated rings. The molecule has 0 aliphatic rings. The molecule has 0 saturated heterocycles. The van der Waals surface area contributed by atoms with Gasteiger partial charge in [-0.1, -0.05) is 19.1 Å². The molecule has 0 unspecified atom stereocenters. The molecule has 0 saturated carbocycles. The Hall–Kier alpha value is -1.68. The highest BCUT2D eigenvalue weighted by Gasteiger charge is 2.12. The standard InChI is InChI=1S/C16H22FN3/c1-4-8-18-10-13-6-7-14(16(17)9-13)15-11-19-20(5-2)12(15)3/h6-7,9,11,18H,4-5,8,10H2,1-3H3. The molecule has 1 N–H and O–H groups in total. The van der Waals surface area contributed by atoms with Crippen LogP contribution in [0.15, 0.2) is 24.4 Å². The van der Waals surface area contributed by atoms with E-state index in [0.29, 0.717) is 12.1 Å². The first kappa shape index (κ1) is 14.7. The van der Waals surface area contributed by atoms with Crippen molar-refractivity contribution in [2.24, 2.45) is 0 Å². The van der Waals surface area contributed by atoms with Crippen LogP contribution in [-0.4, -0.2) is 16.3 Å². The summed E-state index contributed by atoms with van der Waals surface area (Å²) in [6.45, 7) is 8.58. The van der Waals surface area contributed by atoms with Crippen molar-refractivity contribution in [1.82, 2.24) is 15.1 Å². The van der Waals surface area contributed by atoms with Crippen LogP contribution in [-0.2, 0) is 13.1 Å². The molecule has 108 valence electrons. The van der Waals surface area contributed by atoms with E-state index in [1.165, 1.54) is 0 Å². The van der Waals surface area contributed by atoms with Crippen molar-refractivity contribution < 1.29 is 4.39 Å². The number of rotatable bonds is 6. The summed E-state index contributed by atoms with van der Waals surface area (Å²) in [5.74, 6) is -0.181. The van der Waals surface area contributed by atoms with Gasteiger partial charge in [0.15, 0.2) is 0 Å². The molecular weight excluding hydrogens is 253 g/mol. The van der Waals surface area contributed by atoms with Gasteiger partial charge in [-0.2, -0.15) is 5.10 Å². The highest BCUT2D eigenvalue weighted by Crippen LogP contribution is 2.26. The van der Waals surface area contributed by atoms with E-state index >= 15 is 0 Å². The molecule has 0 bridgehead atoms. The Balaban J connectivity index is 2.22. The van der Waals surface area contributed by atoms with Gasteiger partial charge in [-0.3, -0.25) is 4.68 Å². The Morgan fingerprint density at radius 2 is 2.05 bits per heavy atom. The molecule has 0 aliphatic heterocycles. The summed E-state index contributed by atoms with van der Waals surface area (Å²) in [6.07, 6.45) is 2.82. The van der Waals surface area contributed by atoms with E-state index in [-0.39, 0.29) is 5.82 Å². The Bertz CT molecular complexity index is 575. The van der Waals surface area contributed by atoms with Crippen LogP contribution < -0.4 is 5.32 Å². The second-order valence-electron chi connectivity index (χ2n) is 4.95. The quantitative estimate of drug-likeness (QED) is 0.817. The lowest BCUT2D eigenvalue weighted by Crippen LogP contribution is -2.13. The molecule has 1 aromatic carbocycles. The predicted octanol–water partition coefficient (Wildman–Crippen LogP) is 3.52. The molecule has 0 amide bonds. The maximum atomic E-state index is 14.3. The molecular formula is C16H22FN3. The van der Waals surface area contributed by atoms with E-state index in [0.717, 1.165) is 36.3 Å². The van der Waals surface area contributed by atoms with Gasteiger partial charge in [0.1, 0.15) is 5.82 Å². The van der Waals surface area contributed by atoms with Gasteiger partial charge in [-0.25, -0.2) is 4.39 Å². The number of hydrogen-bond donors (Lipinski definition) is 1. The van der Waals surface area contributed by atoms with Gasteiger partial charge in [0.25, 0.3) is 0 Å². The Labute approximate surface area is 119 Å².